The molecule has 4 rings (SSSR count). The number of H-pyrrole nitrogens is 1. The van der Waals surface area contributed by atoms with E-state index in [1.54, 1.807) is 49.8 Å². The van der Waals surface area contributed by atoms with Crippen LogP contribution >= 0.6 is 11.6 Å². The number of carbonyl (C=O) groups excluding carboxylic acids is 1. The van der Waals surface area contributed by atoms with Gasteiger partial charge in [-0.2, -0.15) is 0 Å². The Morgan fingerprint density at radius 3 is 2.67 bits per heavy atom. The minimum atomic E-state index is -0.456. The van der Waals surface area contributed by atoms with E-state index in [0.29, 0.717) is 32.8 Å². The van der Waals surface area contributed by atoms with Crippen molar-refractivity contribution < 1.29 is 9.53 Å². The van der Waals surface area contributed by atoms with E-state index in [0.717, 1.165) is 5.56 Å². The number of fused-ring (bicyclic) bond motifs is 1. The van der Waals surface area contributed by atoms with Gasteiger partial charge in [-0.1, -0.05) is 41.9 Å². The van der Waals surface area contributed by atoms with Gasteiger partial charge in [0.15, 0.2) is 5.78 Å². The summed E-state index contributed by atoms with van der Waals surface area (Å²) in [6, 6.07) is 16.3. The molecule has 0 bridgehead atoms. The second kappa shape index (κ2) is 8.35. The second-order valence-corrected chi connectivity index (χ2v) is 7.05. The summed E-state index contributed by atoms with van der Waals surface area (Å²) in [4.78, 5) is 32.9. The Bertz CT molecular complexity index is 1330. The number of benzene rings is 2. The summed E-state index contributed by atoms with van der Waals surface area (Å²) in [5.74, 6) is 0.160. The average molecular weight is 417 g/mol. The number of carbonyl (C=O) groups is 1. The van der Waals surface area contributed by atoms with E-state index in [4.69, 9.17) is 16.3 Å². The molecule has 2 aromatic carbocycles. The van der Waals surface area contributed by atoms with Crippen LogP contribution in [0.1, 0.15) is 15.9 Å². The maximum absolute atomic E-state index is 13.1. The van der Waals surface area contributed by atoms with Crippen molar-refractivity contribution in [1.29, 1.82) is 0 Å². The van der Waals surface area contributed by atoms with Gasteiger partial charge in [0.25, 0.3) is 5.56 Å². The van der Waals surface area contributed by atoms with Crippen molar-refractivity contribution >= 4 is 34.4 Å². The summed E-state index contributed by atoms with van der Waals surface area (Å²) >= 11 is 6.21. The highest BCUT2D eigenvalue weighted by Crippen LogP contribution is 2.31. The van der Waals surface area contributed by atoms with Gasteiger partial charge in [0.05, 0.1) is 18.9 Å². The molecule has 0 radical (unpaired) electrons. The van der Waals surface area contributed by atoms with E-state index < -0.39 is 11.3 Å². The molecule has 30 heavy (non-hydrogen) atoms. The first-order valence-electron chi connectivity index (χ1n) is 9.19. The van der Waals surface area contributed by atoms with Crippen molar-refractivity contribution in [2.75, 3.05) is 7.11 Å². The number of pyridine rings is 2. The van der Waals surface area contributed by atoms with E-state index in [2.05, 4.69) is 9.97 Å². The van der Waals surface area contributed by atoms with Crippen LogP contribution in [0, 0.1) is 0 Å². The Balaban J connectivity index is 1.89. The summed E-state index contributed by atoms with van der Waals surface area (Å²) in [6.07, 6.45) is 6.15. The predicted molar refractivity (Wildman–Crippen MR) is 119 cm³/mol. The SMILES string of the molecule is COc1cncc(/C=C/C(=O)c2c(-c3ccccc3)c3cc(Cl)ccc3[nH]c2=O)c1. The quantitative estimate of drug-likeness (QED) is 0.361. The maximum Gasteiger partial charge on any atom is 0.260 e. The number of allylic oxidation sites excluding steroid dienone is 1. The maximum atomic E-state index is 13.1. The molecule has 0 aliphatic rings. The number of aromatic nitrogens is 2. The number of nitrogens with zero attached hydrogens (tertiary/aromatic N) is 1. The van der Waals surface area contributed by atoms with Crippen molar-refractivity contribution in [3.05, 3.63) is 99.6 Å². The molecule has 0 saturated heterocycles. The highest BCUT2D eigenvalue weighted by molar-refractivity contribution is 6.31. The molecule has 0 aliphatic carbocycles. The first-order chi connectivity index (χ1) is 14.6. The summed E-state index contributed by atoms with van der Waals surface area (Å²) < 4.78 is 5.15. The van der Waals surface area contributed by atoms with Crippen LogP contribution in [0.2, 0.25) is 5.02 Å². The second-order valence-electron chi connectivity index (χ2n) is 6.62. The standard InChI is InChI=1S/C24H17ClN2O3/c1-30-18-11-15(13-26-14-18)7-10-21(28)23-22(16-5-3-2-4-6-16)19-12-17(25)8-9-20(19)27-24(23)29/h2-14H,1H3,(H,27,29)/b10-7+. The van der Waals surface area contributed by atoms with Crippen LogP contribution in [0.4, 0.5) is 0 Å². The zero-order chi connectivity index (χ0) is 21.1. The van der Waals surface area contributed by atoms with Crippen LogP contribution in [-0.4, -0.2) is 22.9 Å². The van der Waals surface area contributed by atoms with Gasteiger partial charge in [0, 0.05) is 27.7 Å². The highest BCUT2D eigenvalue weighted by atomic mass is 35.5. The van der Waals surface area contributed by atoms with Crippen molar-refractivity contribution in [3.8, 4) is 16.9 Å². The number of ether oxygens (including phenoxy) is 1. The van der Waals surface area contributed by atoms with E-state index >= 15 is 0 Å². The lowest BCUT2D eigenvalue weighted by Gasteiger charge is -2.11. The molecule has 0 saturated carbocycles. The largest absolute Gasteiger partial charge is 0.495 e. The zero-order valence-electron chi connectivity index (χ0n) is 16.1. The molecular formula is C24H17ClN2O3. The number of halogens is 1. The lowest BCUT2D eigenvalue weighted by Crippen LogP contribution is -2.18. The predicted octanol–water partition coefficient (Wildman–Crippen LogP) is 5.15. The Kier molecular flexibility index (Phi) is 5.46. The topological polar surface area (TPSA) is 72.0 Å². The summed E-state index contributed by atoms with van der Waals surface area (Å²) in [5, 5.41) is 1.22. The number of nitrogens with one attached hydrogen (secondary N) is 1. The Morgan fingerprint density at radius 1 is 1.10 bits per heavy atom. The van der Waals surface area contributed by atoms with Crippen LogP contribution in [0.25, 0.3) is 28.1 Å². The first kappa shape index (κ1) is 19.6. The van der Waals surface area contributed by atoms with E-state index in [9.17, 15) is 9.59 Å². The van der Waals surface area contributed by atoms with Crippen molar-refractivity contribution in [2.45, 2.75) is 0 Å². The smallest absolute Gasteiger partial charge is 0.260 e. The van der Waals surface area contributed by atoms with Crippen LogP contribution in [0.15, 0.2) is 77.9 Å². The first-order valence-corrected chi connectivity index (χ1v) is 9.57. The summed E-state index contributed by atoms with van der Waals surface area (Å²) in [7, 11) is 1.54. The zero-order valence-corrected chi connectivity index (χ0v) is 16.8. The molecule has 0 aliphatic heterocycles. The Morgan fingerprint density at radius 2 is 1.90 bits per heavy atom. The minimum Gasteiger partial charge on any atom is -0.495 e. The third-order valence-electron chi connectivity index (χ3n) is 4.68. The molecule has 0 spiro atoms. The lowest BCUT2D eigenvalue weighted by atomic mass is 9.94. The molecule has 5 nitrogen and oxygen atoms in total. The summed E-state index contributed by atoms with van der Waals surface area (Å²) in [6.45, 7) is 0. The van der Waals surface area contributed by atoms with Crippen LogP contribution < -0.4 is 10.3 Å². The molecule has 1 N–H and O–H groups in total. The summed E-state index contributed by atoms with van der Waals surface area (Å²) in [5.41, 5.74) is 2.21. The van der Waals surface area contributed by atoms with Crippen LogP contribution in [0.3, 0.4) is 0 Å². The number of hydrogen-bond acceptors (Lipinski definition) is 4. The van der Waals surface area contributed by atoms with Gasteiger partial charge in [0.2, 0.25) is 0 Å². The van der Waals surface area contributed by atoms with Crippen molar-refractivity contribution in [1.82, 2.24) is 9.97 Å². The van der Waals surface area contributed by atoms with E-state index in [1.807, 2.05) is 30.3 Å². The molecule has 148 valence electrons. The van der Waals surface area contributed by atoms with E-state index in [-0.39, 0.29) is 5.56 Å². The highest BCUT2D eigenvalue weighted by Gasteiger charge is 2.19. The monoisotopic (exact) mass is 416 g/mol. The van der Waals surface area contributed by atoms with Crippen LogP contribution in [-0.2, 0) is 0 Å². The van der Waals surface area contributed by atoms with Gasteiger partial charge in [-0.05, 0) is 47.5 Å². The van der Waals surface area contributed by atoms with Gasteiger partial charge in [0.1, 0.15) is 5.75 Å². The molecule has 0 unspecified atom stereocenters. The normalized spacial score (nSPS) is 11.1. The molecule has 0 fully saturated rings. The fourth-order valence-corrected chi connectivity index (χ4v) is 3.47. The fourth-order valence-electron chi connectivity index (χ4n) is 3.30. The van der Waals surface area contributed by atoms with Gasteiger partial charge in [-0.25, -0.2) is 0 Å². The molecule has 4 aromatic rings. The molecule has 6 heteroatoms. The van der Waals surface area contributed by atoms with E-state index in [1.165, 1.54) is 6.08 Å². The van der Waals surface area contributed by atoms with Crippen LogP contribution in [0.5, 0.6) is 5.75 Å². The average Bonchev–Trinajstić information content (AvgIpc) is 2.77. The molecule has 2 aromatic heterocycles. The van der Waals surface area contributed by atoms with Gasteiger partial charge < -0.3 is 9.72 Å². The molecule has 2 heterocycles. The number of hydrogen-bond donors (Lipinski definition) is 1. The Hall–Kier alpha value is -3.70. The van der Waals surface area contributed by atoms with Gasteiger partial charge in [-0.3, -0.25) is 14.6 Å². The minimum absolute atomic E-state index is 0.0584. The molecule has 0 atom stereocenters. The Labute approximate surface area is 177 Å². The van der Waals surface area contributed by atoms with Gasteiger partial charge >= 0.3 is 0 Å². The number of rotatable bonds is 5. The third-order valence-corrected chi connectivity index (χ3v) is 4.92. The molecular weight excluding hydrogens is 400 g/mol. The number of methoxy groups -OCH3 is 1. The van der Waals surface area contributed by atoms with Crippen molar-refractivity contribution in [3.63, 3.8) is 0 Å². The fraction of sp³-hybridized carbons (Fsp3) is 0.0417. The molecule has 0 amide bonds. The number of aromatic amines is 1. The number of ketones is 1. The lowest BCUT2D eigenvalue weighted by molar-refractivity contribution is 0.104. The third kappa shape index (κ3) is 3.88. The van der Waals surface area contributed by atoms with Gasteiger partial charge in [-0.15, -0.1) is 0 Å². The van der Waals surface area contributed by atoms with Crippen molar-refractivity contribution in [2.24, 2.45) is 0 Å².